The second kappa shape index (κ2) is 6.92. The molecule has 1 aliphatic heterocycles. The molecule has 5 nitrogen and oxygen atoms in total. The number of hydrogen-bond acceptors (Lipinski definition) is 4. The van der Waals surface area contributed by atoms with E-state index in [0.717, 1.165) is 25.4 Å². The molecule has 1 atom stereocenters. The smallest absolute Gasteiger partial charge is 0.137 e. The second-order valence-electron chi connectivity index (χ2n) is 6.20. The van der Waals surface area contributed by atoms with E-state index in [-0.39, 0.29) is 6.10 Å². The molecule has 0 radical (unpaired) electrons. The van der Waals surface area contributed by atoms with E-state index >= 15 is 0 Å². The third kappa shape index (κ3) is 3.85. The van der Waals surface area contributed by atoms with Gasteiger partial charge in [-0.1, -0.05) is 12.1 Å². The van der Waals surface area contributed by atoms with Gasteiger partial charge < -0.3 is 4.74 Å². The molecule has 1 aromatic heterocycles. The lowest BCUT2D eigenvalue weighted by Crippen LogP contribution is -2.32. The highest BCUT2D eigenvalue weighted by atomic mass is 16.5. The summed E-state index contributed by atoms with van der Waals surface area (Å²) in [5.41, 5.74) is 1.31. The molecule has 118 valence electrons. The van der Waals surface area contributed by atoms with Gasteiger partial charge in [0, 0.05) is 12.6 Å². The number of ether oxygens (including phenoxy) is 1. The van der Waals surface area contributed by atoms with Crippen molar-refractivity contribution < 1.29 is 4.74 Å². The van der Waals surface area contributed by atoms with E-state index in [0.29, 0.717) is 6.04 Å². The van der Waals surface area contributed by atoms with E-state index in [2.05, 4.69) is 47.0 Å². The van der Waals surface area contributed by atoms with Crippen molar-refractivity contribution in [2.24, 2.45) is 0 Å². The van der Waals surface area contributed by atoms with Crippen molar-refractivity contribution in [1.29, 1.82) is 0 Å². The average molecular weight is 300 g/mol. The average Bonchev–Trinajstić information content (AvgIpc) is 3.12. The summed E-state index contributed by atoms with van der Waals surface area (Å²) < 4.78 is 7.72. The van der Waals surface area contributed by atoms with Gasteiger partial charge in [0.15, 0.2) is 0 Å². The van der Waals surface area contributed by atoms with Crippen molar-refractivity contribution in [1.82, 2.24) is 19.7 Å². The van der Waals surface area contributed by atoms with Gasteiger partial charge in [0.2, 0.25) is 0 Å². The van der Waals surface area contributed by atoms with Crippen molar-refractivity contribution in [3.05, 3.63) is 42.5 Å². The molecule has 1 saturated heterocycles. The molecule has 1 fully saturated rings. The zero-order valence-electron chi connectivity index (χ0n) is 13.4. The molecule has 0 aliphatic carbocycles. The number of rotatable bonds is 6. The zero-order valence-corrected chi connectivity index (χ0v) is 13.4. The van der Waals surface area contributed by atoms with Crippen LogP contribution in [0, 0.1) is 0 Å². The predicted octanol–water partition coefficient (Wildman–Crippen LogP) is 2.73. The Morgan fingerprint density at radius 1 is 1.36 bits per heavy atom. The van der Waals surface area contributed by atoms with Crippen LogP contribution in [0.3, 0.4) is 0 Å². The standard InChI is InChI=1S/C17H24N4O/c1-14(2)22-17-7-3-5-15(9-17)10-20-8-4-6-16(20)11-21-13-18-12-19-21/h3,5,7,9,12-14,16H,4,6,8,10-11H2,1-2H3. The van der Waals surface area contributed by atoms with Crippen molar-refractivity contribution >= 4 is 0 Å². The molecular formula is C17H24N4O. The van der Waals surface area contributed by atoms with Gasteiger partial charge >= 0.3 is 0 Å². The molecule has 1 aliphatic rings. The van der Waals surface area contributed by atoms with Crippen LogP contribution in [-0.2, 0) is 13.1 Å². The molecule has 0 saturated carbocycles. The molecule has 1 unspecified atom stereocenters. The van der Waals surface area contributed by atoms with Crippen LogP contribution in [0.1, 0.15) is 32.3 Å². The Morgan fingerprint density at radius 3 is 3.05 bits per heavy atom. The maximum atomic E-state index is 5.79. The highest BCUT2D eigenvalue weighted by Gasteiger charge is 2.25. The number of aromatic nitrogens is 3. The second-order valence-corrected chi connectivity index (χ2v) is 6.20. The highest BCUT2D eigenvalue weighted by Crippen LogP contribution is 2.23. The quantitative estimate of drug-likeness (QED) is 0.823. The first-order valence-electron chi connectivity index (χ1n) is 8.03. The lowest BCUT2D eigenvalue weighted by molar-refractivity contribution is 0.217. The van der Waals surface area contributed by atoms with Gasteiger partial charge in [-0.25, -0.2) is 4.98 Å². The fraction of sp³-hybridized carbons (Fsp3) is 0.529. The molecule has 1 aromatic carbocycles. The van der Waals surface area contributed by atoms with Gasteiger partial charge in [-0.05, 0) is 50.9 Å². The van der Waals surface area contributed by atoms with Gasteiger partial charge in [-0.2, -0.15) is 5.10 Å². The van der Waals surface area contributed by atoms with Gasteiger partial charge in [0.05, 0.1) is 12.6 Å². The van der Waals surface area contributed by atoms with Crippen LogP contribution in [0.4, 0.5) is 0 Å². The molecule has 22 heavy (non-hydrogen) atoms. The van der Waals surface area contributed by atoms with Gasteiger partial charge in [-0.15, -0.1) is 0 Å². The normalized spacial score (nSPS) is 19.0. The highest BCUT2D eigenvalue weighted by molar-refractivity contribution is 5.28. The molecule has 5 heteroatoms. The molecule has 2 heterocycles. The summed E-state index contributed by atoms with van der Waals surface area (Å²) in [6.07, 6.45) is 6.09. The molecule has 2 aromatic rings. The van der Waals surface area contributed by atoms with Gasteiger partial charge in [-0.3, -0.25) is 9.58 Å². The van der Waals surface area contributed by atoms with Gasteiger partial charge in [0.1, 0.15) is 18.4 Å². The third-order valence-electron chi connectivity index (χ3n) is 4.02. The van der Waals surface area contributed by atoms with Crippen LogP contribution in [-0.4, -0.2) is 38.4 Å². The molecule has 0 bridgehead atoms. The van der Waals surface area contributed by atoms with E-state index in [1.54, 1.807) is 12.7 Å². The minimum Gasteiger partial charge on any atom is -0.491 e. The number of benzene rings is 1. The summed E-state index contributed by atoms with van der Waals surface area (Å²) >= 11 is 0. The first kappa shape index (κ1) is 15.0. The SMILES string of the molecule is CC(C)Oc1cccc(CN2CCCC2Cn2cncn2)c1. The Hall–Kier alpha value is -1.88. The van der Waals surface area contributed by atoms with E-state index in [1.165, 1.54) is 18.4 Å². The number of hydrogen-bond donors (Lipinski definition) is 0. The maximum absolute atomic E-state index is 5.79. The van der Waals surface area contributed by atoms with Crippen molar-refractivity contribution in [2.45, 2.75) is 51.9 Å². The first-order valence-corrected chi connectivity index (χ1v) is 8.03. The fourth-order valence-electron chi connectivity index (χ4n) is 3.08. The van der Waals surface area contributed by atoms with Crippen molar-refractivity contribution in [2.75, 3.05) is 6.54 Å². The Balaban J connectivity index is 1.64. The summed E-state index contributed by atoms with van der Waals surface area (Å²) in [5, 5.41) is 4.23. The molecule has 0 spiro atoms. The summed E-state index contributed by atoms with van der Waals surface area (Å²) in [6, 6.07) is 8.98. The molecule has 3 rings (SSSR count). The molecule has 0 amide bonds. The fourth-order valence-corrected chi connectivity index (χ4v) is 3.08. The minimum atomic E-state index is 0.210. The van der Waals surface area contributed by atoms with Crippen molar-refractivity contribution in [3.63, 3.8) is 0 Å². The van der Waals surface area contributed by atoms with E-state index in [4.69, 9.17) is 4.74 Å². The summed E-state index contributed by atoms with van der Waals surface area (Å²) in [4.78, 5) is 6.57. The monoisotopic (exact) mass is 300 g/mol. The number of nitrogens with zero attached hydrogens (tertiary/aromatic N) is 4. The third-order valence-corrected chi connectivity index (χ3v) is 4.02. The van der Waals surface area contributed by atoms with Crippen LogP contribution in [0.5, 0.6) is 5.75 Å². The Kier molecular flexibility index (Phi) is 4.73. The Labute approximate surface area is 131 Å². The van der Waals surface area contributed by atoms with E-state index in [1.807, 2.05) is 10.7 Å². The zero-order chi connectivity index (χ0) is 15.4. The van der Waals surface area contributed by atoms with E-state index in [9.17, 15) is 0 Å². The molecular weight excluding hydrogens is 276 g/mol. The van der Waals surface area contributed by atoms with Crippen molar-refractivity contribution in [3.8, 4) is 5.75 Å². The summed E-state index contributed by atoms with van der Waals surface area (Å²) in [5.74, 6) is 0.958. The molecule has 0 N–H and O–H groups in total. The van der Waals surface area contributed by atoms with Gasteiger partial charge in [0.25, 0.3) is 0 Å². The minimum absolute atomic E-state index is 0.210. The summed E-state index contributed by atoms with van der Waals surface area (Å²) in [6.45, 7) is 7.15. The van der Waals surface area contributed by atoms with E-state index < -0.39 is 0 Å². The number of likely N-dealkylation sites (tertiary alicyclic amines) is 1. The topological polar surface area (TPSA) is 43.2 Å². The lowest BCUT2D eigenvalue weighted by atomic mass is 10.1. The first-order chi connectivity index (χ1) is 10.7. The van der Waals surface area contributed by atoms with Crippen LogP contribution < -0.4 is 4.74 Å². The summed E-state index contributed by atoms with van der Waals surface area (Å²) in [7, 11) is 0. The largest absolute Gasteiger partial charge is 0.491 e. The predicted molar refractivity (Wildman–Crippen MR) is 85.7 cm³/mol. The van der Waals surface area contributed by atoms with Crippen LogP contribution in [0.25, 0.3) is 0 Å². The van der Waals surface area contributed by atoms with Crippen LogP contribution in [0.2, 0.25) is 0 Å². The van der Waals surface area contributed by atoms with Crippen LogP contribution >= 0.6 is 0 Å². The van der Waals surface area contributed by atoms with Crippen LogP contribution in [0.15, 0.2) is 36.9 Å². The lowest BCUT2D eigenvalue weighted by Gasteiger charge is -2.24. The maximum Gasteiger partial charge on any atom is 0.137 e. The Bertz CT molecular complexity index is 582. The Morgan fingerprint density at radius 2 is 2.27 bits per heavy atom.